The zero-order valence-electron chi connectivity index (χ0n) is 19.3. The fourth-order valence-electron chi connectivity index (χ4n) is 4.22. The number of hydrogen-bond acceptors (Lipinski definition) is 6. The SMILES string of the molecule is Cc1nccc(CNc2ncccc2C(=O)Nc2ccc3c(c2)NCCC3(C)C)c1/C=C\N. The van der Waals surface area contributed by atoms with E-state index in [9.17, 15) is 4.79 Å². The lowest BCUT2D eigenvalue weighted by atomic mass is 9.78. The molecule has 0 atom stereocenters. The van der Waals surface area contributed by atoms with Crippen molar-refractivity contribution in [3.63, 3.8) is 0 Å². The van der Waals surface area contributed by atoms with E-state index in [1.54, 1.807) is 24.5 Å². The molecule has 0 saturated carbocycles. The number of aryl methyl sites for hydroxylation is 1. The van der Waals surface area contributed by atoms with Crippen LogP contribution in [0.3, 0.4) is 0 Å². The lowest BCUT2D eigenvalue weighted by Gasteiger charge is -2.33. The molecule has 170 valence electrons. The highest BCUT2D eigenvalue weighted by Gasteiger charge is 2.27. The van der Waals surface area contributed by atoms with E-state index in [-0.39, 0.29) is 11.3 Å². The third kappa shape index (κ3) is 4.82. The minimum absolute atomic E-state index is 0.118. The van der Waals surface area contributed by atoms with Gasteiger partial charge in [-0.3, -0.25) is 9.78 Å². The average Bonchev–Trinajstić information content (AvgIpc) is 2.79. The van der Waals surface area contributed by atoms with E-state index >= 15 is 0 Å². The summed E-state index contributed by atoms with van der Waals surface area (Å²) in [7, 11) is 0. The molecule has 0 spiro atoms. The number of carbonyl (C=O) groups excluding carboxylic acids is 1. The van der Waals surface area contributed by atoms with Crippen molar-refractivity contribution in [2.75, 3.05) is 22.5 Å². The predicted octanol–water partition coefficient (Wildman–Crippen LogP) is 4.67. The van der Waals surface area contributed by atoms with Crippen LogP contribution < -0.4 is 21.7 Å². The molecule has 0 bridgehead atoms. The number of carbonyl (C=O) groups is 1. The summed E-state index contributed by atoms with van der Waals surface area (Å²) in [5.74, 6) is 0.304. The average molecular weight is 443 g/mol. The molecule has 0 saturated heterocycles. The first-order valence-electron chi connectivity index (χ1n) is 11.1. The Kier molecular flexibility index (Phi) is 6.31. The Balaban J connectivity index is 1.52. The first kappa shape index (κ1) is 22.3. The highest BCUT2D eigenvalue weighted by atomic mass is 16.1. The van der Waals surface area contributed by atoms with Crippen LogP contribution >= 0.6 is 0 Å². The van der Waals surface area contributed by atoms with Crippen LogP contribution in [0.1, 0.15) is 53.0 Å². The number of rotatable bonds is 6. The fraction of sp³-hybridized carbons (Fsp3) is 0.269. The van der Waals surface area contributed by atoms with Gasteiger partial charge in [0.2, 0.25) is 0 Å². The number of nitrogens with one attached hydrogen (secondary N) is 3. The lowest BCUT2D eigenvalue weighted by molar-refractivity contribution is 0.102. The summed E-state index contributed by atoms with van der Waals surface area (Å²) in [5.41, 5.74) is 12.1. The standard InChI is InChI=1S/C26H30N6O/c1-17-20(8-11-27)18(9-13-28-17)16-31-24-21(5-4-12-30-24)25(33)32-19-6-7-22-23(15-19)29-14-10-26(22,2)3/h4-9,11-13,15,29H,10,14,16,27H2,1-3H3,(H,30,31)(H,32,33)/b11-8-. The molecule has 1 amide bonds. The topological polar surface area (TPSA) is 105 Å². The highest BCUT2D eigenvalue weighted by molar-refractivity contribution is 6.07. The number of hydrogen-bond donors (Lipinski definition) is 4. The second-order valence-electron chi connectivity index (χ2n) is 8.86. The predicted molar refractivity (Wildman–Crippen MR) is 134 cm³/mol. The number of amides is 1. The second kappa shape index (κ2) is 9.32. The number of pyridine rings is 2. The van der Waals surface area contributed by atoms with Gasteiger partial charge in [0.25, 0.3) is 5.91 Å². The molecular formula is C26H30N6O. The maximum absolute atomic E-state index is 13.1. The van der Waals surface area contributed by atoms with Crippen LogP contribution in [-0.4, -0.2) is 22.4 Å². The van der Waals surface area contributed by atoms with E-state index in [4.69, 9.17) is 5.73 Å². The number of nitrogens with two attached hydrogens (primary N) is 1. The molecule has 2 aromatic heterocycles. The molecule has 0 radical (unpaired) electrons. The molecule has 1 aromatic carbocycles. The van der Waals surface area contributed by atoms with Gasteiger partial charge >= 0.3 is 0 Å². The van der Waals surface area contributed by atoms with Crippen LogP contribution in [0.25, 0.3) is 6.08 Å². The van der Waals surface area contributed by atoms with Crippen molar-refractivity contribution < 1.29 is 4.79 Å². The van der Waals surface area contributed by atoms with Gasteiger partial charge in [-0.15, -0.1) is 0 Å². The molecule has 3 heterocycles. The largest absolute Gasteiger partial charge is 0.405 e. The molecule has 5 N–H and O–H groups in total. The minimum atomic E-state index is -0.214. The first-order chi connectivity index (χ1) is 15.9. The molecule has 3 aromatic rings. The van der Waals surface area contributed by atoms with E-state index in [2.05, 4.69) is 45.8 Å². The van der Waals surface area contributed by atoms with Crippen LogP contribution in [0.5, 0.6) is 0 Å². The molecule has 1 aliphatic heterocycles. The molecule has 4 rings (SSSR count). The Hall–Kier alpha value is -3.87. The van der Waals surface area contributed by atoms with E-state index in [1.807, 2.05) is 31.2 Å². The quantitative estimate of drug-likeness (QED) is 0.442. The van der Waals surface area contributed by atoms with Gasteiger partial charge in [-0.25, -0.2) is 4.98 Å². The minimum Gasteiger partial charge on any atom is -0.405 e. The van der Waals surface area contributed by atoms with Crippen molar-refractivity contribution in [3.05, 3.63) is 82.9 Å². The van der Waals surface area contributed by atoms with E-state index < -0.39 is 0 Å². The molecule has 33 heavy (non-hydrogen) atoms. The van der Waals surface area contributed by atoms with E-state index in [1.165, 1.54) is 11.8 Å². The maximum Gasteiger partial charge on any atom is 0.259 e. The monoisotopic (exact) mass is 442 g/mol. The Morgan fingerprint density at radius 2 is 2.06 bits per heavy atom. The van der Waals surface area contributed by atoms with Gasteiger partial charge in [0.05, 0.1) is 5.56 Å². The van der Waals surface area contributed by atoms with Crippen molar-refractivity contribution in [3.8, 4) is 0 Å². The summed E-state index contributed by atoms with van der Waals surface area (Å²) in [6, 6.07) is 11.5. The second-order valence-corrected chi connectivity index (χ2v) is 8.86. The Labute approximate surface area is 194 Å². The third-order valence-corrected chi connectivity index (χ3v) is 6.11. The molecule has 1 aliphatic rings. The van der Waals surface area contributed by atoms with E-state index in [0.29, 0.717) is 17.9 Å². The van der Waals surface area contributed by atoms with Crippen molar-refractivity contribution in [1.29, 1.82) is 0 Å². The van der Waals surface area contributed by atoms with Crippen molar-refractivity contribution in [1.82, 2.24) is 9.97 Å². The van der Waals surface area contributed by atoms with Crippen LogP contribution in [0, 0.1) is 6.92 Å². The van der Waals surface area contributed by atoms with Crippen LogP contribution in [0.2, 0.25) is 0 Å². The summed E-state index contributed by atoms with van der Waals surface area (Å²) in [6.07, 6.45) is 7.84. The zero-order chi connectivity index (χ0) is 23.4. The van der Waals surface area contributed by atoms with Crippen molar-refractivity contribution in [2.24, 2.45) is 5.73 Å². The smallest absolute Gasteiger partial charge is 0.259 e. The molecule has 7 nitrogen and oxygen atoms in total. The fourth-order valence-corrected chi connectivity index (χ4v) is 4.22. The molecule has 7 heteroatoms. The molecule has 0 fully saturated rings. The Morgan fingerprint density at radius 3 is 2.88 bits per heavy atom. The zero-order valence-corrected chi connectivity index (χ0v) is 19.3. The van der Waals surface area contributed by atoms with E-state index in [0.717, 1.165) is 41.2 Å². The van der Waals surface area contributed by atoms with Crippen LogP contribution in [0.15, 0.2) is 55.0 Å². The molecule has 0 unspecified atom stereocenters. The van der Waals surface area contributed by atoms with Crippen molar-refractivity contribution in [2.45, 2.75) is 39.2 Å². The first-order valence-corrected chi connectivity index (χ1v) is 11.1. The molecule has 0 aliphatic carbocycles. The third-order valence-electron chi connectivity index (χ3n) is 6.11. The number of aromatic nitrogens is 2. The maximum atomic E-state index is 13.1. The summed E-state index contributed by atoms with van der Waals surface area (Å²) in [6.45, 7) is 7.84. The summed E-state index contributed by atoms with van der Waals surface area (Å²) in [5, 5.41) is 9.76. The van der Waals surface area contributed by atoms with Crippen LogP contribution in [0.4, 0.5) is 17.2 Å². The van der Waals surface area contributed by atoms with Gasteiger partial charge in [0, 0.05) is 48.1 Å². The van der Waals surface area contributed by atoms with Gasteiger partial charge in [-0.1, -0.05) is 19.9 Å². The number of fused-ring (bicyclic) bond motifs is 1. The summed E-state index contributed by atoms with van der Waals surface area (Å²) >= 11 is 0. The lowest BCUT2D eigenvalue weighted by Crippen LogP contribution is -2.28. The Morgan fingerprint density at radius 1 is 1.21 bits per heavy atom. The number of benzene rings is 1. The van der Waals surface area contributed by atoms with Gasteiger partial charge in [0.15, 0.2) is 0 Å². The number of nitrogens with zero attached hydrogens (tertiary/aromatic N) is 2. The van der Waals surface area contributed by atoms with Crippen LogP contribution in [-0.2, 0) is 12.0 Å². The normalized spacial score (nSPS) is 14.4. The van der Waals surface area contributed by atoms with Gasteiger partial charge in [-0.2, -0.15) is 0 Å². The molecular weight excluding hydrogens is 412 g/mol. The van der Waals surface area contributed by atoms with Crippen molar-refractivity contribution >= 4 is 29.2 Å². The Bertz CT molecular complexity index is 1200. The number of anilines is 3. The summed E-state index contributed by atoms with van der Waals surface area (Å²) < 4.78 is 0. The van der Waals surface area contributed by atoms with Gasteiger partial charge in [0.1, 0.15) is 5.82 Å². The highest BCUT2D eigenvalue weighted by Crippen LogP contribution is 2.37. The van der Waals surface area contributed by atoms with Gasteiger partial charge in [-0.05, 0) is 72.5 Å². The summed E-state index contributed by atoms with van der Waals surface area (Å²) in [4.78, 5) is 21.8. The van der Waals surface area contributed by atoms with Gasteiger partial charge < -0.3 is 21.7 Å².